The Morgan fingerprint density at radius 2 is 2.19 bits per heavy atom. The molecule has 84 valence electrons. The van der Waals surface area contributed by atoms with Crippen LogP contribution in [0.1, 0.15) is 23.7 Å². The normalized spacial score (nSPS) is 15.1. The van der Waals surface area contributed by atoms with Crippen molar-refractivity contribution in [2.45, 2.75) is 13.3 Å². The van der Waals surface area contributed by atoms with Gasteiger partial charge >= 0.3 is 0 Å². The number of hydrogen-bond acceptors (Lipinski definition) is 3. The smallest absolute Gasteiger partial charge is 0.230 e. The van der Waals surface area contributed by atoms with Crippen LogP contribution in [0.2, 0.25) is 0 Å². The summed E-state index contributed by atoms with van der Waals surface area (Å²) < 4.78 is 5.45. The van der Waals surface area contributed by atoms with Gasteiger partial charge in [-0.05, 0) is 25.1 Å². The molecule has 4 nitrogen and oxygen atoms in total. The number of benzene rings is 1. The zero-order chi connectivity index (χ0) is 11.7. The average molecular weight is 219 g/mol. The molecule has 1 heterocycles. The molecule has 0 saturated carbocycles. The van der Waals surface area contributed by atoms with Crippen molar-refractivity contribution in [3.05, 3.63) is 23.8 Å². The van der Waals surface area contributed by atoms with E-state index in [1.165, 1.54) is 11.8 Å². The van der Waals surface area contributed by atoms with Gasteiger partial charge in [0.25, 0.3) is 0 Å². The SMILES string of the molecule is CC(=O)c1ccc2c(c1)N(C)C(=O)CCO2. The summed E-state index contributed by atoms with van der Waals surface area (Å²) in [4.78, 5) is 24.4. The van der Waals surface area contributed by atoms with Crippen molar-refractivity contribution in [3.63, 3.8) is 0 Å². The first-order valence-corrected chi connectivity index (χ1v) is 5.14. The average Bonchev–Trinajstić information content (AvgIpc) is 2.40. The van der Waals surface area contributed by atoms with Crippen LogP contribution in [-0.4, -0.2) is 25.3 Å². The molecule has 0 bridgehead atoms. The van der Waals surface area contributed by atoms with Crippen LogP contribution in [0.25, 0.3) is 0 Å². The van der Waals surface area contributed by atoms with Crippen molar-refractivity contribution in [1.29, 1.82) is 0 Å². The zero-order valence-corrected chi connectivity index (χ0v) is 9.32. The van der Waals surface area contributed by atoms with Crippen LogP contribution in [0.4, 0.5) is 5.69 Å². The van der Waals surface area contributed by atoms with Crippen molar-refractivity contribution in [2.24, 2.45) is 0 Å². The first kappa shape index (κ1) is 10.7. The van der Waals surface area contributed by atoms with Crippen molar-refractivity contribution < 1.29 is 14.3 Å². The standard InChI is InChI=1S/C12H13NO3/c1-8(14)9-3-4-11-10(7-9)13(2)12(15)5-6-16-11/h3-4,7H,5-6H2,1-2H3. The number of rotatable bonds is 1. The quantitative estimate of drug-likeness (QED) is 0.674. The van der Waals surface area contributed by atoms with E-state index in [-0.39, 0.29) is 11.7 Å². The molecule has 1 amide bonds. The predicted octanol–water partition coefficient (Wildman–Crippen LogP) is 1.63. The van der Waals surface area contributed by atoms with Gasteiger partial charge in [0.05, 0.1) is 18.7 Å². The number of carbonyl (C=O) groups is 2. The number of carbonyl (C=O) groups excluding carboxylic acids is 2. The van der Waals surface area contributed by atoms with Gasteiger partial charge in [-0.25, -0.2) is 0 Å². The van der Waals surface area contributed by atoms with Gasteiger partial charge in [-0.2, -0.15) is 0 Å². The molecule has 1 aliphatic rings. The van der Waals surface area contributed by atoms with E-state index < -0.39 is 0 Å². The Hall–Kier alpha value is -1.84. The van der Waals surface area contributed by atoms with Gasteiger partial charge in [-0.3, -0.25) is 9.59 Å². The highest BCUT2D eigenvalue weighted by molar-refractivity contribution is 5.99. The monoisotopic (exact) mass is 219 g/mol. The summed E-state index contributed by atoms with van der Waals surface area (Å²) in [5, 5.41) is 0. The van der Waals surface area contributed by atoms with Gasteiger partial charge < -0.3 is 9.64 Å². The largest absolute Gasteiger partial charge is 0.491 e. The van der Waals surface area contributed by atoms with Crippen LogP contribution in [0.3, 0.4) is 0 Å². The van der Waals surface area contributed by atoms with E-state index in [1.54, 1.807) is 25.2 Å². The Labute approximate surface area is 93.8 Å². The van der Waals surface area contributed by atoms with E-state index in [0.717, 1.165) is 0 Å². The Bertz CT molecular complexity index is 454. The molecular formula is C12H13NO3. The third-order valence-electron chi connectivity index (χ3n) is 2.67. The molecule has 16 heavy (non-hydrogen) atoms. The molecule has 0 aliphatic carbocycles. The summed E-state index contributed by atoms with van der Waals surface area (Å²) in [6, 6.07) is 5.15. The first-order valence-electron chi connectivity index (χ1n) is 5.14. The van der Waals surface area contributed by atoms with Gasteiger partial charge in [0.1, 0.15) is 5.75 Å². The fraction of sp³-hybridized carbons (Fsp3) is 0.333. The lowest BCUT2D eigenvalue weighted by atomic mass is 10.1. The lowest BCUT2D eigenvalue weighted by molar-refractivity contribution is -0.118. The molecule has 0 saturated heterocycles. The summed E-state index contributed by atoms with van der Waals surface area (Å²) >= 11 is 0. The van der Waals surface area contributed by atoms with E-state index in [0.29, 0.717) is 30.0 Å². The molecule has 0 spiro atoms. The number of nitrogens with zero attached hydrogens (tertiary/aromatic N) is 1. The van der Waals surface area contributed by atoms with Crippen LogP contribution in [-0.2, 0) is 4.79 Å². The van der Waals surface area contributed by atoms with Crippen LogP contribution >= 0.6 is 0 Å². The minimum Gasteiger partial charge on any atom is -0.491 e. The van der Waals surface area contributed by atoms with E-state index in [1.807, 2.05) is 0 Å². The second kappa shape index (κ2) is 3.96. The molecule has 0 atom stereocenters. The Morgan fingerprint density at radius 3 is 2.88 bits per heavy atom. The van der Waals surface area contributed by atoms with Crippen LogP contribution in [0.15, 0.2) is 18.2 Å². The highest BCUT2D eigenvalue weighted by Crippen LogP contribution is 2.31. The molecular weight excluding hydrogens is 206 g/mol. The van der Waals surface area contributed by atoms with Crippen molar-refractivity contribution >= 4 is 17.4 Å². The van der Waals surface area contributed by atoms with E-state index in [2.05, 4.69) is 0 Å². The number of Topliss-reactive ketones (excluding diaryl/α,β-unsaturated/α-hetero) is 1. The summed E-state index contributed by atoms with van der Waals surface area (Å²) in [5.74, 6) is 0.630. The lowest BCUT2D eigenvalue weighted by Crippen LogP contribution is -2.25. The third kappa shape index (κ3) is 1.78. The molecule has 1 aromatic rings. The summed E-state index contributed by atoms with van der Waals surface area (Å²) in [5.41, 5.74) is 1.25. The maximum absolute atomic E-state index is 11.6. The highest BCUT2D eigenvalue weighted by atomic mass is 16.5. The summed E-state index contributed by atoms with van der Waals surface area (Å²) in [6.07, 6.45) is 0.362. The predicted molar refractivity (Wildman–Crippen MR) is 60.0 cm³/mol. The molecule has 4 heteroatoms. The minimum atomic E-state index is -0.0205. The molecule has 0 N–H and O–H groups in total. The Morgan fingerprint density at radius 1 is 1.44 bits per heavy atom. The Kier molecular flexibility index (Phi) is 2.64. The van der Waals surface area contributed by atoms with Gasteiger partial charge in [0.2, 0.25) is 5.91 Å². The molecule has 0 radical (unpaired) electrons. The molecule has 0 fully saturated rings. The van der Waals surface area contributed by atoms with Crippen LogP contribution in [0, 0.1) is 0 Å². The van der Waals surface area contributed by atoms with Crippen LogP contribution < -0.4 is 9.64 Å². The molecule has 0 unspecified atom stereocenters. The van der Waals surface area contributed by atoms with Gasteiger partial charge in [-0.15, -0.1) is 0 Å². The van der Waals surface area contributed by atoms with Crippen LogP contribution in [0.5, 0.6) is 5.75 Å². The van der Waals surface area contributed by atoms with E-state index in [9.17, 15) is 9.59 Å². The van der Waals surface area contributed by atoms with Crippen molar-refractivity contribution in [3.8, 4) is 5.75 Å². The second-order valence-corrected chi connectivity index (χ2v) is 3.79. The molecule has 1 aromatic carbocycles. The second-order valence-electron chi connectivity index (χ2n) is 3.79. The zero-order valence-electron chi connectivity index (χ0n) is 9.32. The number of amides is 1. The maximum atomic E-state index is 11.6. The summed E-state index contributed by atoms with van der Waals surface area (Å²) in [7, 11) is 1.69. The first-order chi connectivity index (χ1) is 7.59. The third-order valence-corrected chi connectivity index (χ3v) is 2.67. The number of ether oxygens (including phenoxy) is 1. The molecule has 1 aliphatic heterocycles. The molecule has 0 aromatic heterocycles. The number of fused-ring (bicyclic) bond motifs is 1. The molecule has 2 rings (SSSR count). The number of ketones is 1. The summed E-state index contributed by atoms with van der Waals surface area (Å²) in [6.45, 7) is 1.89. The topological polar surface area (TPSA) is 46.6 Å². The van der Waals surface area contributed by atoms with E-state index >= 15 is 0 Å². The number of anilines is 1. The van der Waals surface area contributed by atoms with Gasteiger partial charge in [0.15, 0.2) is 5.78 Å². The fourth-order valence-corrected chi connectivity index (χ4v) is 1.67. The Balaban J connectivity index is 2.50. The highest BCUT2D eigenvalue weighted by Gasteiger charge is 2.20. The number of hydrogen-bond donors (Lipinski definition) is 0. The maximum Gasteiger partial charge on any atom is 0.230 e. The van der Waals surface area contributed by atoms with E-state index in [4.69, 9.17) is 4.74 Å². The lowest BCUT2D eigenvalue weighted by Gasteiger charge is -2.16. The van der Waals surface area contributed by atoms with Gasteiger partial charge in [0, 0.05) is 12.6 Å². The van der Waals surface area contributed by atoms with Gasteiger partial charge in [-0.1, -0.05) is 0 Å². The fourth-order valence-electron chi connectivity index (χ4n) is 1.67. The van der Waals surface area contributed by atoms with Crippen molar-refractivity contribution in [1.82, 2.24) is 0 Å². The minimum absolute atomic E-state index is 0.000507. The van der Waals surface area contributed by atoms with Crippen molar-refractivity contribution in [2.75, 3.05) is 18.6 Å².